The lowest BCUT2D eigenvalue weighted by molar-refractivity contribution is -0.127. The van der Waals surface area contributed by atoms with E-state index in [1.165, 1.54) is 12.0 Å². The van der Waals surface area contributed by atoms with Crippen LogP contribution in [0.4, 0.5) is 0 Å². The Bertz CT molecular complexity index is 647. The highest BCUT2D eigenvalue weighted by atomic mass is 127. The van der Waals surface area contributed by atoms with Crippen molar-refractivity contribution in [3.63, 3.8) is 0 Å². The molecule has 0 aliphatic heterocycles. The van der Waals surface area contributed by atoms with E-state index in [9.17, 15) is 4.79 Å². The number of benzene rings is 1. The molecule has 0 atom stereocenters. The number of halogens is 2. The van der Waals surface area contributed by atoms with E-state index in [0.717, 1.165) is 49.8 Å². The third kappa shape index (κ3) is 8.99. The van der Waals surface area contributed by atoms with Crippen molar-refractivity contribution in [3.05, 3.63) is 34.9 Å². The number of nitrogens with one attached hydrogen (secondary N) is 3. The van der Waals surface area contributed by atoms with Crippen LogP contribution in [0.3, 0.4) is 0 Å². The van der Waals surface area contributed by atoms with Gasteiger partial charge in [0, 0.05) is 37.6 Å². The highest BCUT2D eigenvalue weighted by Gasteiger charge is 2.24. The quantitative estimate of drug-likeness (QED) is 0.200. The standard InChI is InChI=1S/C21H33ClN4O.HI/c1-21(2,14-16-7-4-10-18(22)13-16)15-26-20(23-3)25-12-6-11-24-19(27)17-8-5-9-17;/h4,7,10,13,17H,5-6,8-9,11-12,14-15H2,1-3H3,(H,24,27)(H2,23,25,26);1H. The molecule has 0 saturated heterocycles. The molecule has 7 heteroatoms. The average molecular weight is 521 g/mol. The summed E-state index contributed by atoms with van der Waals surface area (Å²) < 4.78 is 0. The van der Waals surface area contributed by atoms with Crippen LogP contribution in [-0.4, -0.2) is 38.5 Å². The van der Waals surface area contributed by atoms with Gasteiger partial charge in [-0.1, -0.05) is 44.0 Å². The second-order valence-corrected chi connectivity index (χ2v) is 8.53. The predicted octanol–water partition coefficient (Wildman–Crippen LogP) is 4.00. The number of rotatable bonds is 9. The molecule has 1 aromatic carbocycles. The maximum absolute atomic E-state index is 11.8. The van der Waals surface area contributed by atoms with Crippen LogP contribution in [0.5, 0.6) is 0 Å². The molecule has 1 aromatic rings. The molecule has 0 unspecified atom stereocenters. The van der Waals surface area contributed by atoms with E-state index in [1.54, 1.807) is 7.05 Å². The van der Waals surface area contributed by atoms with Crippen molar-refractivity contribution in [3.8, 4) is 0 Å². The van der Waals surface area contributed by atoms with Gasteiger partial charge >= 0.3 is 0 Å². The van der Waals surface area contributed by atoms with Crippen LogP contribution in [0.2, 0.25) is 5.02 Å². The molecule has 0 radical (unpaired) electrons. The molecule has 1 aliphatic rings. The summed E-state index contributed by atoms with van der Waals surface area (Å²) >= 11 is 6.08. The van der Waals surface area contributed by atoms with E-state index in [1.807, 2.05) is 18.2 Å². The smallest absolute Gasteiger partial charge is 0.223 e. The van der Waals surface area contributed by atoms with Gasteiger partial charge in [0.05, 0.1) is 0 Å². The second-order valence-electron chi connectivity index (χ2n) is 8.10. The second kappa shape index (κ2) is 12.5. The Hall–Kier alpha value is -1.02. The number of carbonyl (C=O) groups is 1. The number of hydrogen-bond donors (Lipinski definition) is 3. The Morgan fingerprint density at radius 3 is 2.54 bits per heavy atom. The Morgan fingerprint density at radius 2 is 1.93 bits per heavy atom. The van der Waals surface area contributed by atoms with E-state index in [2.05, 4.69) is 40.9 Å². The molecule has 1 fully saturated rings. The van der Waals surface area contributed by atoms with E-state index in [4.69, 9.17) is 11.6 Å². The molecule has 158 valence electrons. The van der Waals surface area contributed by atoms with Crippen molar-refractivity contribution in [1.29, 1.82) is 0 Å². The summed E-state index contributed by atoms with van der Waals surface area (Å²) in [7, 11) is 1.78. The minimum absolute atomic E-state index is 0. The molecule has 28 heavy (non-hydrogen) atoms. The number of carbonyl (C=O) groups excluding carboxylic acids is 1. The first-order chi connectivity index (χ1) is 12.9. The van der Waals surface area contributed by atoms with Crippen LogP contribution in [0.1, 0.15) is 45.1 Å². The third-order valence-corrected chi connectivity index (χ3v) is 5.19. The van der Waals surface area contributed by atoms with E-state index in [0.29, 0.717) is 6.54 Å². The van der Waals surface area contributed by atoms with Crippen LogP contribution in [-0.2, 0) is 11.2 Å². The van der Waals surface area contributed by atoms with Crippen molar-refractivity contribution >= 4 is 47.4 Å². The Morgan fingerprint density at radius 1 is 1.21 bits per heavy atom. The SMILES string of the molecule is CN=C(NCCCNC(=O)C1CCC1)NCC(C)(C)Cc1cccc(Cl)c1.I. The molecular formula is C21H34ClIN4O. The highest BCUT2D eigenvalue weighted by Crippen LogP contribution is 2.26. The number of amides is 1. The molecule has 0 heterocycles. The van der Waals surface area contributed by atoms with Crippen LogP contribution < -0.4 is 16.0 Å². The fourth-order valence-corrected chi connectivity index (χ4v) is 3.34. The lowest BCUT2D eigenvalue weighted by Gasteiger charge is -2.26. The van der Waals surface area contributed by atoms with Gasteiger partial charge in [0.2, 0.25) is 5.91 Å². The number of hydrogen-bond acceptors (Lipinski definition) is 2. The first kappa shape index (κ1) is 25.0. The minimum atomic E-state index is 0. The maximum atomic E-state index is 11.8. The molecule has 1 aliphatic carbocycles. The van der Waals surface area contributed by atoms with Crippen LogP contribution in [0.25, 0.3) is 0 Å². The van der Waals surface area contributed by atoms with Gasteiger partial charge in [-0.3, -0.25) is 9.79 Å². The first-order valence-electron chi connectivity index (χ1n) is 9.86. The molecular weight excluding hydrogens is 487 g/mol. The molecule has 0 spiro atoms. The largest absolute Gasteiger partial charge is 0.356 e. The molecule has 0 aromatic heterocycles. The van der Waals surface area contributed by atoms with Gasteiger partial charge in [-0.2, -0.15) is 0 Å². The molecule has 3 N–H and O–H groups in total. The number of nitrogens with zero attached hydrogens (tertiary/aromatic N) is 1. The summed E-state index contributed by atoms with van der Waals surface area (Å²) in [6.07, 6.45) is 5.10. The maximum Gasteiger partial charge on any atom is 0.223 e. The van der Waals surface area contributed by atoms with Gasteiger partial charge in [-0.25, -0.2) is 0 Å². The minimum Gasteiger partial charge on any atom is -0.356 e. The zero-order valence-electron chi connectivity index (χ0n) is 17.2. The van der Waals surface area contributed by atoms with E-state index in [-0.39, 0.29) is 41.2 Å². The van der Waals surface area contributed by atoms with Crippen LogP contribution >= 0.6 is 35.6 Å². The molecule has 0 bridgehead atoms. The van der Waals surface area contributed by atoms with Crippen molar-refractivity contribution in [2.45, 2.75) is 46.0 Å². The van der Waals surface area contributed by atoms with Crippen molar-refractivity contribution in [1.82, 2.24) is 16.0 Å². The van der Waals surface area contributed by atoms with E-state index >= 15 is 0 Å². The number of guanidine groups is 1. The van der Waals surface area contributed by atoms with Gasteiger partial charge in [0.1, 0.15) is 0 Å². The van der Waals surface area contributed by atoms with Gasteiger partial charge in [-0.15, -0.1) is 24.0 Å². The topological polar surface area (TPSA) is 65.5 Å². The number of aliphatic imine (C=N–C) groups is 1. The Labute approximate surface area is 191 Å². The predicted molar refractivity (Wildman–Crippen MR) is 129 cm³/mol. The fourth-order valence-electron chi connectivity index (χ4n) is 3.13. The lowest BCUT2D eigenvalue weighted by atomic mass is 9.85. The summed E-state index contributed by atoms with van der Waals surface area (Å²) in [5.41, 5.74) is 1.30. The van der Waals surface area contributed by atoms with Crippen molar-refractivity contribution < 1.29 is 4.79 Å². The molecule has 2 rings (SSSR count). The Kier molecular flexibility index (Phi) is 11.2. The zero-order chi connectivity index (χ0) is 19.7. The Balaban J connectivity index is 0.00000392. The van der Waals surface area contributed by atoms with Crippen LogP contribution in [0.15, 0.2) is 29.3 Å². The summed E-state index contributed by atoms with van der Waals surface area (Å²) in [4.78, 5) is 16.1. The first-order valence-corrected chi connectivity index (χ1v) is 10.2. The lowest BCUT2D eigenvalue weighted by Crippen LogP contribution is -2.43. The fraction of sp³-hybridized carbons (Fsp3) is 0.619. The summed E-state index contributed by atoms with van der Waals surface area (Å²) in [6, 6.07) is 8.02. The average Bonchev–Trinajstić information content (AvgIpc) is 2.55. The van der Waals surface area contributed by atoms with Gasteiger partial charge in [0.15, 0.2) is 5.96 Å². The zero-order valence-corrected chi connectivity index (χ0v) is 20.3. The normalized spacial score (nSPS) is 14.6. The highest BCUT2D eigenvalue weighted by molar-refractivity contribution is 14.0. The van der Waals surface area contributed by atoms with Crippen LogP contribution in [0, 0.1) is 11.3 Å². The van der Waals surface area contributed by atoms with Gasteiger partial charge in [-0.05, 0) is 48.8 Å². The van der Waals surface area contributed by atoms with Gasteiger partial charge < -0.3 is 16.0 Å². The molecule has 5 nitrogen and oxygen atoms in total. The monoisotopic (exact) mass is 520 g/mol. The van der Waals surface area contributed by atoms with Crippen molar-refractivity contribution in [2.24, 2.45) is 16.3 Å². The van der Waals surface area contributed by atoms with E-state index < -0.39 is 0 Å². The third-order valence-electron chi connectivity index (χ3n) is 4.95. The van der Waals surface area contributed by atoms with Gasteiger partial charge in [0.25, 0.3) is 0 Å². The molecule has 1 amide bonds. The summed E-state index contributed by atoms with van der Waals surface area (Å²) in [6.45, 7) is 6.74. The molecule has 1 saturated carbocycles. The summed E-state index contributed by atoms with van der Waals surface area (Å²) in [5.74, 6) is 1.26. The van der Waals surface area contributed by atoms with Crippen molar-refractivity contribution in [2.75, 3.05) is 26.7 Å². The summed E-state index contributed by atoms with van der Waals surface area (Å²) in [5, 5.41) is 10.5.